The molecule has 1 aromatic carbocycles. The van der Waals surface area contributed by atoms with Crippen LogP contribution in [0.25, 0.3) is 0 Å². The van der Waals surface area contributed by atoms with E-state index in [1.165, 1.54) is 12.1 Å². The van der Waals surface area contributed by atoms with Gasteiger partial charge in [0.1, 0.15) is 11.7 Å². The van der Waals surface area contributed by atoms with Gasteiger partial charge in [0.15, 0.2) is 5.78 Å². The molecule has 106 valence electrons. The van der Waals surface area contributed by atoms with Gasteiger partial charge in [-0.3, -0.25) is 4.79 Å². The van der Waals surface area contributed by atoms with E-state index in [1.54, 1.807) is 12.1 Å². The third kappa shape index (κ3) is 2.90. The molecule has 0 aliphatic heterocycles. The average molecular weight is 273 g/mol. The number of halogens is 1. The number of carbonyl (C=O) groups is 1. The molecule has 2 rings (SSSR count). The van der Waals surface area contributed by atoms with Crippen LogP contribution in [-0.2, 0) is 4.79 Å². The Labute approximate surface area is 119 Å². The average Bonchev–Trinajstić information content (AvgIpc) is 2.39. The van der Waals surface area contributed by atoms with Crippen molar-refractivity contribution < 1.29 is 9.18 Å². The minimum absolute atomic E-state index is 0.0530. The summed E-state index contributed by atoms with van der Waals surface area (Å²) in [5.41, 5.74) is 0.400. The molecule has 2 atom stereocenters. The van der Waals surface area contributed by atoms with Crippen molar-refractivity contribution in [2.24, 2.45) is 11.3 Å². The highest BCUT2D eigenvalue weighted by Gasteiger charge is 2.40. The van der Waals surface area contributed by atoms with E-state index in [0.717, 1.165) is 25.7 Å². The van der Waals surface area contributed by atoms with Gasteiger partial charge in [-0.05, 0) is 36.0 Å². The van der Waals surface area contributed by atoms with Gasteiger partial charge in [0, 0.05) is 5.92 Å². The lowest BCUT2D eigenvalue weighted by molar-refractivity contribution is -0.128. The van der Waals surface area contributed by atoms with E-state index in [0.29, 0.717) is 5.56 Å². The highest BCUT2D eigenvalue weighted by Crippen LogP contribution is 2.43. The number of nitriles is 1. The first-order valence-corrected chi connectivity index (χ1v) is 7.14. The molecule has 0 aromatic heterocycles. The molecule has 0 amide bonds. The maximum atomic E-state index is 13.3. The summed E-state index contributed by atoms with van der Waals surface area (Å²) in [6.45, 7) is 4.18. The first-order valence-electron chi connectivity index (χ1n) is 7.14. The van der Waals surface area contributed by atoms with Crippen LogP contribution in [0, 0.1) is 28.5 Å². The minimum Gasteiger partial charge on any atom is -0.298 e. The predicted molar refractivity (Wildman–Crippen MR) is 75.5 cm³/mol. The fraction of sp³-hybridized carbons (Fsp3) is 0.529. The van der Waals surface area contributed by atoms with E-state index in [9.17, 15) is 14.4 Å². The lowest BCUT2D eigenvalue weighted by Crippen LogP contribution is -2.36. The van der Waals surface area contributed by atoms with Crippen molar-refractivity contribution in [3.63, 3.8) is 0 Å². The van der Waals surface area contributed by atoms with Crippen LogP contribution in [0.1, 0.15) is 51.0 Å². The van der Waals surface area contributed by atoms with E-state index in [1.807, 2.05) is 0 Å². The Balaban J connectivity index is 2.28. The molecular formula is C17H20FNO. The molecule has 0 heterocycles. The molecule has 1 fully saturated rings. The molecule has 2 unspecified atom stereocenters. The first kappa shape index (κ1) is 14.7. The van der Waals surface area contributed by atoms with E-state index < -0.39 is 11.7 Å². The molecule has 0 spiro atoms. The summed E-state index contributed by atoms with van der Waals surface area (Å²) < 4.78 is 13.3. The smallest absolute Gasteiger partial charge is 0.158 e. The van der Waals surface area contributed by atoms with Crippen molar-refractivity contribution in [1.29, 1.82) is 5.26 Å². The second kappa shape index (κ2) is 5.75. The summed E-state index contributed by atoms with van der Waals surface area (Å²) >= 11 is 0. The summed E-state index contributed by atoms with van der Waals surface area (Å²) in [6.07, 6.45) is 4.00. The Bertz CT molecular complexity index is 544. The molecule has 0 saturated heterocycles. The van der Waals surface area contributed by atoms with E-state index >= 15 is 0 Å². The lowest BCUT2D eigenvalue weighted by Gasteiger charge is -2.38. The predicted octanol–water partition coefficient (Wildman–Crippen LogP) is 4.22. The minimum atomic E-state index is -0.854. The Morgan fingerprint density at radius 2 is 2.20 bits per heavy atom. The maximum Gasteiger partial charge on any atom is 0.158 e. The number of hydrogen-bond acceptors (Lipinski definition) is 2. The van der Waals surface area contributed by atoms with Gasteiger partial charge in [-0.2, -0.15) is 5.26 Å². The Morgan fingerprint density at radius 3 is 2.80 bits per heavy atom. The normalized spacial score (nSPS) is 22.8. The van der Waals surface area contributed by atoms with Crippen LogP contribution in [-0.4, -0.2) is 5.78 Å². The zero-order valence-electron chi connectivity index (χ0n) is 12.0. The van der Waals surface area contributed by atoms with Crippen molar-refractivity contribution in [1.82, 2.24) is 0 Å². The summed E-state index contributed by atoms with van der Waals surface area (Å²) in [6, 6.07) is 7.89. The number of benzene rings is 1. The van der Waals surface area contributed by atoms with Crippen LogP contribution in [0.5, 0.6) is 0 Å². The maximum absolute atomic E-state index is 13.3. The van der Waals surface area contributed by atoms with Gasteiger partial charge in [0.2, 0.25) is 0 Å². The lowest BCUT2D eigenvalue weighted by atomic mass is 9.65. The summed E-state index contributed by atoms with van der Waals surface area (Å²) in [5.74, 6) is -1.42. The second-order valence-electron chi connectivity index (χ2n) is 6.31. The van der Waals surface area contributed by atoms with Gasteiger partial charge in [0.05, 0.1) is 6.07 Å². The zero-order chi connectivity index (χ0) is 14.8. The fourth-order valence-electron chi connectivity index (χ4n) is 3.21. The summed E-state index contributed by atoms with van der Waals surface area (Å²) in [4.78, 5) is 12.7. The Morgan fingerprint density at radius 1 is 1.45 bits per heavy atom. The van der Waals surface area contributed by atoms with Crippen LogP contribution in [0.4, 0.5) is 4.39 Å². The first-order chi connectivity index (χ1) is 9.45. The number of nitrogens with zero attached hydrogens (tertiary/aromatic N) is 1. The van der Waals surface area contributed by atoms with Gasteiger partial charge in [0.25, 0.3) is 0 Å². The molecule has 1 aromatic rings. The van der Waals surface area contributed by atoms with Crippen LogP contribution >= 0.6 is 0 Å². The van der Waals surface area contributed by atoms with Crippen molar-refractivity contribution in [2.45, 2.75) is 45.4 Å². The standard InChI is InChI=1S/C17H20FNO/c1-17(2)9-4-3-8-15(17)16(20)14(11-19)12-6-5-7-13(18)10-12/h5-7,10,14-15H,3-4,8-9H2,1-2H3. The van der Waals surface area contributed by atoms with Crippen LogP contribution in [0.15, 0.2) is 24.3 Å². The van der Waals surface area contributed by atoms with Crippen molar-refractivity contribution in [3.05, 3.63) is 35.6 Å². The van der Waals surface area contributed by atoms with Gasteiger partial charge >= 0.3 is 0 Å². The van der Waals surface area contributed by atoms with Gasteiger partial charge in [-0.25, -0.2) is 4.39 Å². The molecule has 0 N–H and O–H groups in total. The summed E-state index contributed by atoms with van der Waals surface area (Å²) in [7, 11) is 0. The topological polar surface area (TPSA) is 40.9 Å². The van der Waals surface area contributed by atoms with Crippen LogP contribution < -0.4 is 0 Å². The monoisotopic (exact) mass is 273 g/mol. The number of Topliss-reactive ketones (excluding diaryl/α,β-unsaturated/α-hetero) is 1. The second-order valence-corrected chi connectivity index (χ2v) is 6.31. The highest BCUT2D eigenvalue weighted by molar-refractivity contribution is 5.91. The van der Waals surface area contributed by atoms with Crippen LogP contribution in [0.3, 0.4) is 0 Å². The molecule has 0 radical (unpaired) electrons. The quantitative estimate of drug-likeness (QED) is 0.827. The SMILES string of the molecule is CC1(C)CCCCC1C(=O)C(C#N)c1cccc(F)c1. The molecule has 2 nitrogen and oxygen atoms in total. The van der Waals surface area contributed by atoms with Gasteiger partial charge < -0.3 is 0 Å². The van der Waals surface area contributed by atoms with E-state index in [-0.39, 0.29) is 17.1 Å². The number of hydrogen-bond donors (Lipinski definition) is 0. The molecule has 1 aliphatic carbocycles. The molecule has 3 heteroatoms. The van der Waals surface area contributed by atoms with Crippen molar-refractivity contribution >= 4 is 5.78 Å². The molecule has 1 aliphatic rings. The summed E-state index contributed by atoms with van der Waals surface area (Å²) in [5, 5.41) is 9.35. The van der Waals surface area contributed by atoms with E-state index in [4.69, 9.17) is 0 Å². The zero-order valence-corrected chi connectivity index (χ0v) is 12.0. The van der Waals surface area contributed by atoms with Gasteiger partial charge in [-0.1, -0.05) is 38.8 Å². The largest absolute Gasteiger partial charge is 0.298 e. The molecule has 0 bridgehead atoms. The van der Waals surface area contributed by atoms with Crippen LogP contribution in [0.2, 0.25) is 0 Å². The number of rotatable bonds is 3. The van der Waals surface area contributed by atoms with Crippen molar-refractivity contribution in [3.8, 4) is 6.07 Å². The van der Waals surface area contributed by atoms with Crippen molar-refractivity contribution in [2.75, 3.05) is 0 Å². The third-order valence-corrected chi connectivity index (χ3v) is 4.45. The third-order valence-electron chi connectivity index (χ3n) is 4.45. The highest BCUT2D eigenvalue weighted by atomic mass is 19.1. The molecule has 20 heavy (non-hydrogen) atoms. The number of carbonyl (C=O) groups excluding carboxylic acids is 1. The Kier molecular flexibility index (Phi) is 4.23. The van der Waals surface area contributed by atoms with Gasteiger partial charge in [-0.15, -0.1) is 0 Å². The van der Waals surface area contributed by atoms with E-state index in [2.05, 4.69) is 19.9 Å². The fourth-order valence-corrected chi connectivity index (χ4v) is 3.21. The number of ketones is 1. The molecule has 1 saturated carbocycles. The Hall–Kier alpha value is -1.69. The molecular weight excluding hydrogens is 253 g/mol.